The molecule has 2 aliphatic rings. The largest absolute Gasteiger partial charge is 0.481 e. The van der Waals surface area contributed by atoms with E-state index in [0.29, 0.717) is 15.6 Å². The van der Waals surface area contributed by atoms with Gasteiger partial charge < -0.3 is 10.4 Å². The Morgan fingerprint density at radius 3 is 2.33 bits per heavy atom. The van der Waals surface area contributed by atoms with Gasteiger partial charge in [-0.05, 0) is 49.3 Å². The maximum absolute atomic E-state index is 12.3. The van der Waals surface area contributed by atoms with Crippen molar-refractivity contribution in [1.82, 2.24) is 5.32 Å². The normalized spacial score (nSPS) is 30.4. The number of fused-ring (bicyclic) bond motifs is 2. The number of rotatable bonds is 3. The number of carboxylic acids is 1. The lowest BCUT2D eigenvalue weighted by molar-refractivity contribution is -0.144. The summed E-state index contributed by atoms with van der Waals surface area (Å²) in [6.07, 6.45) is 2.81. The fourth-order valence-corrected chi connectivity index (χ4v) is 4.30. The van der Waals surface area contributed by atoms with E-state index in [1.807, 2.05) is 0 Å². The first kappa shape index (κ1) is 14.7. The van der Waals surface area contributed by atoms with Gasteiger partial charge in [-0.15, -0.1) is 0 Å². The van der Waals surface area contributed by atoms with Crippen LogP contribution in [-0.2, 0) is 4.79 Å². The highest BCUT2D eigenvalue weighted by atomic mass is 35.5. The van der Waals surface area contributed by atoms with Crippen LogP contribution in [0.1, 0.15) is 29.6 Å². The van der Waals surface area contributed by atoms with Crippen molar-refractivity contribution in [3.8, 4) is 0 Å². The number of hydrogen-bond acceptors (Lipinski definition) is 2. The van der Waals surface area contributed by atoms with Gasteiger partial charge in [-0.2, -0.15) is 0 Å². The van der Waals surface area contributed by atoms with Crippen LogP contribution in [0.4, 0.5) is 0 Å². The van der Waals surface area contributed by atoms with Crippen LogP contribution >= 0.6 is 23.2 Å². The summed E-state index contributed by atoms with van der Waals surface area (Å²) in [6.45, 7) is 0. The average Bonchev–Trinajstić information content (AvgIpc) is 2.97. The molecule has 21 heavy (non-hydrogen) atoms. The molecule has 2 fully saturated rings. The number of carbonyl (C=O) groups excluding carboxylic acids is 1. The number of carbonyl (C=O) groups is 2. The van der Waals surface area contributed by atoms with Crippen LogP contribution in [0, 0.1) is 17.8 Å². The Hall–Kier alpha value is -1.26. The van der Waals surface area contributed by atoms with Crippen molar-refractivity contribution in [2.24, 2.45) is 17.8 Å². The minimum Gasteiger partial charge on any atom is -0.481 e. The van der Waals surface area contributed by atoms with Gasteiger partial charge in [-0.3, -0.25) is 9.59 Å². The van der Waals surface area contributed by atoms with Gasteiger partial charge in [0.15, 0.2) is 0 Å². The highest BCUT2D eigenvalue weighted by Gasteiger charge is 2.51. The van der Waals surface area contributed by atoms with Gasteiger partial charge >= 0.3 is 5.97 Å². The van der Waals surface area contributed by atoms with Crippen LogP contribution in [0.2, 0.25) is 10.0 Å². The number of halogens is 2. The first-order valence-electron chi connectivity index (χ1n) is 6.95. The summed E-state index contributed by atoms with van der Waals surface area (Å²) < 4.78 is 0. The first-order valence-corrected chi connectivity index (χ1v) is 7.71. The number of benzene rings is 1. The zero-order valence-electron chi connectivity index (χ0n) is 11.2. The molecule has 0 saturated heterocycles. The maximum Gasteiger partial charge on any atom is 0.308 e. The van der Waals surface area contributed by atoms with Crippen molar-refractivity contribution in [1.29, 1.82) is 0 Å². The average molecular weight is 328 g/mol. The highest BCUT2D eigenvalue weighted by molar-refractivity contribution is 6.35. The summed E-state index contributed by atoms with van der Waals surface area (Å²) in [4.78, 5) is 23.8. The number of nitrogens with one attached hydrogen (secondary N) is 1. The summed E-state index contributed by atoms with van der Waals surface area (Å²) in [7, 11) is 0. The molecular weight excluding hydrogens is 313 g/mol. The molecule has 4 unspecified atom stereocenters. The van der Waals surface area contributed by atoms with Gasteiger partial charge in [0.05, 0.1) is 5.92 Å². The van der Waals surface area contributed by atoms with E-state index in [2.05, 4.69) is 5.32 Å². The van der Waals surface area contributed by atoms with E-state index >= 15 is 0 Å². The van der Waals surface area contributed by atoms with Crippen LogP contribution in [0.5, 0.6) is 0 Å². The summed E-state index contributed by atoms with van der Waals surface area (Å²) in [5.41, 5.74) is 0.361. The second-order valence-corrected chi connectivity index (χ2v) is 6.73. The van der Waals surface area contributed by atoms with Crippen LogP contribution in [0.3, 0.4) is 0 Å². The fourth-order valence-electron chi connectivity index (χ4n) is 3.77. The Morgan fingerprint density at radius 1 is 1.10 bits per heavy atom. The Morgan fingerprint density at radius 2 is 1.71 bits per heavy atom. The molecule has 2 saturated carbocycles. The van der Waals surface area contributed by atoms with E-state index in [9.17, 15) is 14.7 Å². The van der Waals surface area contributed by atoms with E-state index < -0.39 is 11.9 Å². The Labute approximate surface area is 132 Å². The van der Waals surface area contributed by atoms with E-state index in [-0.39, 0.29) is 23.8 Å². The van der Waals surface area contributed by atoms with Gasteiger partial charge in [-0.25, -0.2) is 0 Å². The molecule has 3 rings (SSSR count). The molecule has 0 aliphatic heterocycles. The summed E-state index contributed by atoms with van der Waals surface area (Å²) in [5.74, 6) is -1.18. The topological polar surface area (TPSA) is 66.4 Å². The van der Waals surface area contributed by atoms with Crippen molar-refractivity contribution in [2.45, 2.75) is 25.3 Å². The summed E-state index contributed by atoms with van der Waals surface area (Å²) in [5, 5.41) is 13.0. The first-order chi connectivity index (χ1) is 9.95. The van der Waals surface area contributed by atoms with E-state index in [4.69, 9.17) is 23.2 Å². The number of carboxylic acid groups (broad SMARTS) is 1. The molecule has 2 bridgehead atoms. The standard InChI is InChI=1S/C15H15Cl2NO3/c16-10-4-9(5-11(17)6-10)14(19)18-13-8-2-1-7(3-8)12(13)15(20)21/h4-8,12-13H,1-3H2,(H,18,19)(H,20,21). The monoisotopic (exact) mass is 327 g/mol. The Balaban J connectivity index is 1.79. The van der Waals surface area contributed by atoms with Gasteiger partial charge in [0.25, 0.3) is 5.91 Å². The third-order valence-electron chi connectivity index (χ3n) is 4.62. The van der Waals surface area contributed by atoms with Gasteiger partial charge in [0.2, 0.25) is 0 Å². The molecular formula is C15H15Cl2NO3. The molecule has 2 aliphatic carbocycles. The minimum absolute atomic E-state index is 0.181. The molecule has 0 heterocycles. The van der Waals surface area contributed by atoms with Crippen LogP contribution in [0.15, 0.2) is 18.2 Å². The second-order valence-electron chi connectivity index (χ2n) is 5.85. The van der Waals surface area contributed by atoms with Crippen molar-refractivity contribution in [3.05, 3.63) is 33.8 Å². The molecule has 1 amide bonds. The SMILES string of the molecule is O=C(NC1C2CCC(C2)C1C(=O)O)c1cc(Cl)cc(Cl)c1. The molecule has 4 atom stereocenters. The molecule has 0 aromatic heterocycles. The van der Waals surface area contributed by atoms with Gasteiger partial charge in [0.1, 0.15) is 0 Å². The van der Waals surface area contributed by atoms with Crippen LogP contribution in [0.25, 0.3) is 0 Å². The van der Waals surface area contributed by atoms with E-state index in [1.54, 1.807) is 6.07 Å². The van der Waals surface area contributed by atoms with Crippen molar-refractivity contribution < 1.29 is 14.7 Å². The second kappa shape index (κ2) is 5.50. The Bertz CT molecular complexity index is 584. The minimum atomic E-state index is -0.823. The number of hydrogen-bond donors (Lipinski definition) is 2. The molecule has 1 aromatic carbocycles. The number of aliphatic carboxylic acids is 1. The smallest absolute Gasteiger partial charge is 0.308 e. The van der Waals surface area contributed by atoms with Gasteiger partial charge in [-0.1, -0.05) is 23.2 Å². The fraction of sp³-hybridized carbons (Fsp3) is 0.467. The molecule has 2 N–H and O–H groups in total. The predicted molar refractivity (Wildman–Crippen MR) is 79.7 cm³/mol. The van der Waals surface area contributed by atoms with E-state index in [1.165, 1.54) is 12.1 Å². The zero-order chi connectivity index (χ0) is 15.1. The van der Waals surface area contributed by atoms with Crippen LogP contribution in [-0.4, -0.2) is 23.0 Å². The van der Waals surface area contributed by atoms with Crippen molar-refractivity contribution in [3.63, 3.8) is 0 Å². The molecule has 0 radical (unpaired) electrons. The van der Waals surface area contributed by atoms with Crippen molar-refractivity contribution in [2.75, 3.05) is 0 Å². The predicted octanol–water partition coefficient (Wildman–Crippen LogP) is 3.22. The highest BCUT2D eigenvalue weighted by Crippen LogP contribution is 2.48. The van der Waals surface area contributed by atoms with Gasteiger partial charge in [0, 0.05) is 21.7 Å². The van der Waals surface area contributed by atoms with E-state index in [0.717, 1.165) is 19.3 Å². The molecule has 0 spiro atoms. The number of amides is 1. The maximum atomic E-state index is 12.3. The lowest BCUT2D eigenvalue weighted by Crippen LogP contribution is -2.46. The lowest BCUT2D eigenvalue weighted by Gasteiger charge is -2.28. The molecule has 112 valence electrons. The lowest BCUT2D eigenvalue weighted by atomic mass is 9.84. The quantitative estimate of drug-likeness (QED) is 0.895. The third kappa shape index (κ3) is 2.74. The summed E-state index contributed by atoms with van der Waals surface area (Å²) >= 11 is 11.8. The van der Waals surface area contributed by atoms with Crippen LogP contribution < -0.4 is 5.32 Å². The molecule has 4 nitrogen and oxygen atoms in total. The summed E-state index contributed by atoms with van der Waals surface area (Å²) in [6, 6.07) is 4.32. The zero-order valence-corrected chi connectivity index (χ0v) is 12.7. The molecule has 6 heteroatoms. The Kier molecular flexibility index (Phi) is 3.84. The third-order valence-corrected chi connectivity index (χ3v) is 5.06. The van der Waals surface area contributed by atoms with Crippen molar-refractivity contribution >= 4 is 35.1 Å². The molecule has 1 aromatic rings.